The number of unbranched alkanes of at least 4 members (excludes halogenated alkanes) is 2. The van der Waals surface area contributed by atoms with E-state index in [4.69, 9.17) is 4.74 Å². The van der Waals surface area contributed by atoms with Gasteiger partial charge in [-0.3, -0.25) is 0 Å². The number of rotatable bonds is 5. The van der Waals surface area contributed by atoms with Crippen LogP contribution < -0.4 is 0 Å². The summed E-state index contributed by atoms with van der Waals surface area (Å²) in [5, 5.41) is 0. The van der Waals surface area contributed by atoms with Crippen LogP contribution in [0.5, 0.6) is 0 Å². The van der Waals surface area contributed by atoms with Gasteiger partial charge in [0, 0.05) is 5.92 Å². The maximum atomic E-state index is 5.27. The lowest BCUT2D eigenvalue weighted by Crippen LogP contribution is -2.26. The van der Waals surface area contributed by atoms with Crippen LogP contribution in [0.25, 0.3) is 0 Å². The van der Waals surface area contributed by atoms with E-state index in [1.165, 1.54) is 31.2 Å². The van der Waals surface area contributed by atoms with Crippen LogP contribution in [0.15, 0.2) is 24.3 Å². The molecule has 1 fully saturated rings. The van der Waals surface area contributed by atoms with Crippen molar-refractivity contribution in [2.75, 3.05) is 13.2 Å². The average Bonchev–Trinajstić information content (AvgIpc) is 2.18. The third-order valence-corrected chi connectivity index (χ3v) is 3.18. The molecule has 0 aromatic heterocycles. The molecule has 0 aliphatic carbocycles. The molecule has 15 heavy (non-hydrogen) atoms. The number of ether oxygens (including phenoxy) is 1. The van der Waals surface area contributed by atoms with Gasteiger partial charge < -0.3 is 4.74 Å². The summed E-state index contributed by atoms with van der Waals surface area (Å²) in [5.74, 6) is 0.669. The first kappa shape index (κ1) is 10.7. The minimum absolute atomic E-state index is 0.669. The topological polar surface area (TPSA) is 9.23 Å². The molecular weight excluding hydrogens is 184 g/mol. The highest BCUT2D eigenvalue weighted by Gasteiger charge is 2.22. The molecule has 0 amide bonds. The zero-order valence-corrected chi connectivity index (χ0v) is 9.54. The first-order valence-corrected chi connectivity index (χ1v) is 6.07. The molecule has 1 heteroatoms. The molecule has 0 N–H and O–H groups in total. The molecule has 0 saturated carbocycles. The van der Waals surface area contributed by atoms with E-state index >= 15 is 0 Å². The fourth-order valence-electron chi connectivity index (χ4n) is 2.14. The summed E-state index contributed by atoms with van der Waals surface area (Å²) in [6.45, 7) is 4.10. The van der Waals surface area contributed by atoms with E-state index < -0.39 is 0 Å². The predicted molar refractivity (Wildman–Crippen MR) is 63.2 cm³/mol. The molecule has 1 heterocycles. The second-order valence-electron chi connectivity index (χ2n) is 4.39. The summed E-state index contributed by atoms with van der Waals surface area (Å²) in [7, 11) is 0. The first-order valence-electron chi connectivity index (χ1n) is 6.07. The molecule has 1 aromatic carbocycles. The molecule has 0 bridgehead atoms. The highest BCUT2D eigenvalue weighted by atomic mass is 16.5. The van der Waals surface area contributed by atoms with Crippen molar-refractivity contribution in [3.8, 4) is 0 Å². The molecule has 0 atom stereocenters. The van der Waals surface area contributed by atoms with Gasteiger partial charge in [-0.25, -0.2) is 0 Å². The van der Waals surface area contributed by atoms with Crippen LogP contribution >= 0.6 is 0 Å². The molecule has 0 radical (unpaired) electrons. The van der Waals surface area contributed by atoms with Crippen molar-refractivity contribution in [3.63, 3.8) is 0 Å². The van der Waals surface area contributed by atoms with E-state index in [1.54, 1.807) is 5.56 Å². The average molecular weight is 204 g/mol. The Morgan fingerprint density at radius 3 is 2.67 bits per heavy atom. The summed E-state index contributed by atoms with van der Waals surface area (Å²) in [6.07, 6.45) is 5.20. The van der Waals surface area contributed by atoms with Gasteiger partial charge >= 0.3 is 0 Å². The monoisotopic (exact) mass is 204 g/mol. The summed E-state index contributed by atoms with van der Waals surface area (Å²) in [6, 6.07) is 8.86. The molecule has 0 spiro atoms. The van der Waals surface area contributed by atoms with Crippen LogP contribution in [-0.2, 0) is 11.2 Å². The van der Waals surface area contributed by atoms with Crippen molar-refractivity contribution in [3.05, 3.63) is 35.4 Å². The first-order chi connectivity index (χ1) is 7.42. The van der Waals surface area contributed by atoms with E-state index in [1.807, 2.05) is 0 Å². The van der Waals surface area contributed by atoms with Crippen molar-refractivity contribution < 1.29 is 4.74 Å². The number of aryl methyl sites for hydroxylation is 1. The number of hydrogen-bond donors (Lipinski definition) is 0. The summed E-state index contributed by atoms with van der Waals surface area (Å²) in [5.41, 5.74) is 3.07. The summed E-state index contributed by atoms with van der Waals surface area (Å²) >= 11 is 0. The second kappa shape index (κ2) is 5.32. The maximum absolute atomic E-state index is 5.27. The van der Waals surface area contributed by atoms with Crippen molar-refractivity contribution in [1.29, 1.82) is 0 Å². The molecule has 1 saturated heterocycles. The number of benzene rings is 1. The van der Waals surface area contributed by atoms with Gasteiger partial charge in [0.15, 0.2) is 0 Å². The Morgan fingerprint density at radius 1 is 1.20 bits per heavy atom. The molecule has 1 aromatic rings. The Hall–Kier alpha value is -0.820. The Bertz CT molecular complexity index is 302. The van der Waals surface area contributed by atoms with Crippen molar-refractivity contribution in [2.45, 2.75) is 38.5 Å². The molecule has 1 aliphatic heterocycles. The number of hydrogen-bond acceptors (Lipinski definition) is 1. The Morgan fingerprint density at radius 2 is 2.00 bits per heavy atom. The van der Waals surface area contributed by atoms with Gasteiger partial charge in [-0.15, -0.1) is 0 Å². The third-order valence-electron chi connectivity index (χ3n) is 3.18. The zero-order valence-electron chi connectivity index (χ0n) is 9.54. The van der Waals surface area contributed by atoms with E-state index in [-0.39, 0.29) is 0 Å². The van der Waals surface area contributed by atoms with Crippen LogP contribution in [-0.4, -0.2) is 13.2 Å². The Kier molecular flexibility index (Phi) is 3.79. The lowest BCUT2D eigenvalue weighted by Gasteiger charge is -2.28. The lowest BCUT2D eigenvalue weighted by atomic mass is 9.90. The molecule has 82 valence electrons. The molecular formula is C14H20O. The summed E-state index contributed by atoms with van der Waals surface area (Å²) < 4.78 is 5.27. The van der Waals surface area contributed by atoms with Gasteiger partial charge in [-0.2, -0.15) is 0 Å². The van der Waals surface area contributed by atoms with Gasteiger partial charge in [-0.05, 0) is 24.0 Å². The molecule has 1 nitrogen and oxygen atoms in total. The standard InChI is InChI=1S/C14H20O/c1-2-3-4-7-12-8-5-6-9-14(12)13-10-15-11-13/h5-6,8-9,13H,2-4,7,10-11H2,1H3. The van der Waals surface area contributed by atoms with E-state index in [0.717, 1.165) is 13.2 Å². The van der Waals surface area contributed by atoms with Gasteiger partial charge in [0.25, 0.3) is 0 Å². The van der Waals surface area contributed by atoms with Crippen LogP contribution in [0, 0.1) is 0 Å². The van der Waals surface area contributed by atoms with E-state index in [0.29, 0.717) is 5.92 Å². The van der Waals surface area contributed by atoms with Crippen molar-refractivity contribution >= 4 is 0 Å². The fraction of sp³-hybridized carbons (Fsp3) is 0.571. The maximum Gasteiger partial charge on any atom is 0.0557 e. The second-order valence-corrected chi connectivity index (χ2v) is 4.39. The quantitative estimate of drug-likeness (QED) is 0.667. The molecule has 0 unspecified atom stereocenters. The SMILES string of the molecule is CCCCCc1ccccc1C1COC1. The van der Waals surface area contributed by atoms with E-state index in [2.05, 4.69) is 31.2 Å². The van der Waals surface area contributed by atoms with Crippen LogP contribution in [0.3, 0.4) is 0 Å². The zero-order chi connectivity index (χ0) is 10.5. The van der Waals surface area contributed by atoms with Gasteiger partial charge in [0.1, 0.15) is 0 Å². The van der Waals surface area contributed by atoms with Crippen molar-refractivity contribution in [2.24, 2.45) is 0 Å². The van der Waals surface area contributed by atoms with Crippen molar-refractivity contribution in [1.82, 2.24) is 0 Å². The summed E-state index contributed by atoms with van der Waals surface area (Å²) in [4.78, 5) is 0. The Balaban J connectivity index is 2.01. The highest BCUT2D eigenvalue weighted by Crippen LogP contribution is 2.27. The van der Waals surface area contributed by atoms with Gasteiger partial charge in [0.05, 0.1) is 13.2 Å². The fourth-order valence-corrected chi connectivity index (χ4v) is 2.14. The van der Waals surface area contributed by atoms with Crippen LogP contribution in [0.1, 0.15) is 43.2 Å². The lowest BCUT2D eigenvalue weighted by molar-refractivity contribution is 0.00806. The molecule has 2 rings (SSSR count). The minimum atomic E-state index is 0.669. The molecule has 1 aliphatic rings. The van der Waals surface area contributed by atoms with E-state index in [9.17, 15) is 0 Å². The normalized spacial score (nSPS) is 16.3. The third kappa shape index (κ3) is 2.60. The smallest absolute Gasteiger partial charge is 0.0557 e. The highest BCUT2D eigenvalue weighted by molar-refractivity contribution is 5.31. The largest absolute Gasteiger partial charge is 0.380 e. The van der Waals surface area contributed by atoms with Gasteiger partial charge in [0.2, 0.25) is 0 Å². The Labute approximate surface area is 92.5 Å². The van der Waals surface area contributed by atoms with Gasteiger partial charge in [-0.1, -0.05) is 44.0 Å². The van der Waals surface area contributed by atoms with Crippen LogP contribution in [0.2, 0.25) is 0 Å². The van der Waals surface area contributed by atoms with Crippen LogP contribution in [0.4, 0.5) is 0 Å². The predicted octanol–water partition coefficient (Wildman–Crippen LogP) is 3.53. The minimum Gasteiger partial charge on any atom is -0.380 e.